The molecule has 4 heterocycles. The lowest BCUT2D eigenvalue weighted by atomic mass is 10.0. The SMILES string of the molecule is CNc1ncc2cc(-c3ccc(-c4cccc(C)n4)cc3Cl)c(=O)n(CCC3OCC(N)CO3)c2n1. The largest absolute Gasteiger partial charge is 0.357 e. The van der Waals surface area contributed by atoms with Crippen LogP contribution in [0.25, 0.3) is 33.4 Å². The van der Waals surface area contributed by atoms with E-state index < -0.39 is 6.29 Å². The van der Waals surface area contributed by atoms with Crippen LogP contribution in [0.15, 0.2) is 53.5 Å². The van der Waals surface area contributed by atoms with Crippen LogP contribution in [-0.4, -0.2) is 52.1 Å². The van der Waals surface area contributed by atoms with Gasteiger partial charge in [-0.1, -0.05) is 29.8 Å². The molecule has 0 radical (unpaired) electrons. The van der Waals surface area contributed by atoms with E-state index in [1.807, 2.05) is 43.3 Å². The lowest BCUT2D eigenvalue weighted by Gasteiger charge is -2.27. The van der Waals surface area contributed by atoms with E-state index in [0.717, 1.165) is 22.3 Å². The quantitative estimate of drug-likeness (QED) is 0.407. The lowest BCUT2D eigenvalue weighted by Crippen LogP contribution is -2.41. The van der Waals surface area contributed by atoms with Gasteiger partial charge in [0.1, 0.15) is 5.65 Å². The van der Waals surface area contributed by atoms with Crippen LogP contribution in [0.4, 0.5) is 5.95 Å². The van der Waals surface area contributed by atoms with E-state index >= 15 is 0 Å². The minimum atomic E-state index is -0.439. The molecule has 0 bridgehead atoms. The molecule has 1 aliphatic heterocycles. The average molecular weight is 507 g/mol. The zero-order valence-corrected chi connectivity index (χ0v) is 20.8. The van der Waals surface area contributed by atoms with Crippen LogP contribution in [0.3, 0.4) is 0 Å². The van der Waals surface area contributed by atoms with Gasteiger partial charge in [-0.2, -0.15) is 4.98 Å². The van der Waals surface area contributed by atoms with E-state index in [9.17, 15) is 4.79 Å². The van der Waals surface area contributed by atoms with Crippen molar-refractivity contribution in [3.05, 3.63) is 69.7 Å². The maximum Gasteiger partial charge on any atom is 0.260 e. The van der Waals surface area contributed by atoms with Crippen molar-refractivity contribution < 1.29 is 9.47 Å². The number of hydrogen-bond donors (Lipinski definition) is 2. The van der Waals surface area contributed by atoms with Crippen LogP contribution in [0.5, 0.6) is 0 Å². The van der Waals surface area contributed by atoms with Crippen LogP contribution in [0.1, 0.15) is 12.1 Å². The molecule has 3 aromatic heterocycles. The number of hydrogen-bond acceptors (Lipinski definition) is 8. The molecule has 5 rings (SSSR count). The number of nitrogens with two attached hydrogens (primary N) is 1. The van der Waals surface area contributed by atoms with Crippen molar-refractivity contribution >= 4 is 28.6 Å². The van der Waals surface area contributed by atoms with E-state index in [1.165, 1.54) is 0 Å². The van der Waals surface area contributed by atoms with Gasteiger partial charge in [-0.25, -0.2) is 4.98 Å². The van der Waals surface area contributed by atoms with Gasteiger partial charge in [-0.15, -0.1) is 0 Å². The number of aryl methyl sites for hydroxylation is 2. The number of benzene rings is 1. The number of pyridine rings is 2. The molecule has 186 valence electrons. The number of fused-ring (bicyclic) bond motifs is 1. The normalized spacial score (nSPS) is 17.9. The Balaban J connectivity index is 1.56. The van der Waals surface area contributed by atoms with Gasteiger partial charge in [0, 0.05) is 59.0 Å². The topological polar surface area (TPSA) is 117 Å². The van der Waals surface area contributed by atoms with Gasteiger partial charge in [-0.05, 0) is 31.2 Å². The Morgan fingerprint density at radius 2 is 1.94 bits per heavy atom. The Morgan fingerprint density at radius 1 is 1.14 bits per heavy atom. The summed E-state index contributed by atoms with van der Waals surface area (Å²) in [5.74, 6) is 0.424. The summed E-state index contributed by atoms with van der Waals surface area (Å²) >= 11 is 6.72. The van der Waals surface area contributed by atoms with Gasteiger partial charge in [0.15, 0.2) is 6.29 Å². The molecule has 0 aliphatic carbocycles. The van der Waals surface area contributed by atoms with Gasteiger partial charge >= 0.3 is 0 Å². The highest BCUT2D eigenvalue weighted by Gasteiger charge is 2.21. The molecule has 9 nitrogen and oxygen atoms in total. The van der Waals surface area contributed by atoms with Crippen LogP contribution in [0.2, 0.25) is 5.02 Å². The first-order valence-corrected chi connectivity index (χ1v) is 12.1. The molecule has 0 saturated carbocycles. The number of ether oxygens (including phenoxy) is 2. The zero-order valence-electron chi connectivity index (χ0n) is 20.1. The fourth-order valence-electron chi connectivity index (χ4n) is 4.24. The van der Waals surface area contributed by atoms with Crippen molar-refractivity contribution in [1.29, 1.82) is 0 Å². The summed E-state index contributed by atoms with van der Waals surface area (Å²) in [5.41, 5.74) is 9.85. The van der Waals surface area contributed by atoms with E-state index in [2.05, 4.69) is 20.3 Å². The van der Waals surface area contributed by atoms with E-state index in [1.54, 1.807) is 23.9 Å². The highest BCUT2D eigenvalue weighted by atomic mass is 35.5. The smallest absolute Gasteiger partial charge is 0.260 e. The molecule has 36 heavy (non-hydrogen) atoms. The molecule has 0 spiro atoms. The third kappa shape index (κ3) is 4.96. The van der Waals surface area contributed by atoms with E-state index in [4.69, 9.17) is 26.8 Å². The third-order valence-electron chi connectivity index (χ3n) is 6.07. The van der Waals surface area contributed by atoms with Crippen molar-refractivity contribution in [2.24, 2.45) is 5.73 Å². The molecule has 3 N–H and O–H groups in total. The monoisotopic (exact) mass is 506 g/mol. The second-order valence-electron chi connectivity index (χ2n) is 8.74. The van der Waals surface area contributed by atoms with Crippen molar-refractivity contribution in [2.45, 2.75) is 32.2 Å². The van der Waals surface area contributed by atoms with Crippen molar-refractivity contribution in [2.75, 3.05) is 25.6 Å². The number of nitrogens with zero attached hydrogens (tertiary/aromatic N) is 4. The number of aromatic nitrogens is 4. The summed E-state index contributed by atoms with van der Waals surface area (Å²) in [5, 5.41) is 4.11. The Kier molecular flexibility index (Phi) is 6.97. The number of rotatable bonds is 6. The van der Waals surface area contributed by atoms with Gasteiger partial charge in [0.05, 0.1) is 24.9 Å². The highest BCUT2D eigenvalue weighted by Crippen LogP contribution is 2.31. The van der Waals surface area contributed by atoms with Crippen LogP contribution >= 0.6 is 11.6 Å². The number of anilines is 1. The van der Waals surface area contributed by atoms with Crippen molar-refractivity contribution in [1.82, 2.24) is 19.5 Å². The fourth-order valence-corrected chi connectivity index (χ4v) is 4.52. The van der Waals surface area contributed by atoms with Crippen LogP contribution < -0.4 is 16.6 Å². The van der Waals surface area contributed by atoms with Crippen molar-refractivity contribution in [3.8, 4) is 22.4 Å². The third-order valence-corrected chi connectivity index (χ3v) is 6.39. The van der Waals surface area contributed by atoms with Crippen molar-refractivity contribution in [3.63, 3.8) is 0 Å². The Hall–Kier alpha value is -3.37. The molecule has 0 amide bonds. The fraction of sp³-hybridized carbons (Fsp3) is 0.308. The molecule has 1 fully saturated rings. The van der Waals surface area contributed by atoms with Gasteiger partial charge in [-0.3, -0.25) is 14.3 Å². The zero-order chi connectivity index (χ0) is 25.2. The average Bonchev–Trinajstić information content (AvgIpc) is 2.88. The Labute approximate surface area is 213 Å². The maximum atomic E-state index is 13.8. The first kappa shape index (κ1) is 24.3. The molecular formula is C26H27ClN6O3. The van der Waals surface area contributed by atoms with Crippen LogP contribution in [-0.2, 0) is 16.0 Å². The number of halogens is 1. The maximum absolute atomic E-state index is 13.8. The molecule has 1 aliphatic rings. The standard InChI is InChI=1S/C26H27ClN6O3/c1-15-4-3-5-22(31-15)16-6-7-19(21(27)11-16)20-10-17-12-30-26(29-2)32-24(17)33(25(20)34)9-8-23-35-13-18(28)14-36-23/h3-7,10-12,18,23H,8-9,13-14,28H2,1-2H3,(H,29,30,32). The van der Waals surface area contributed by atoms with E-state index in [0.29, 0.717) is 53.9 Å². The Bertz CT molecular complexity index is 1470. The Morgan fingerprint density at radius 3 is 2.67 bits per heavy atom. The number of nitrogens with one attached hydrogen (secondary N) is 1. The predicted molar refractivity (Wildman–Crippen MR) is 140 cm³/mol. The molecule has 0 atom stereocenters. The minimum Gasteiger partial charge on any atom is -0.357 e. The van der Waals surface area contributed by atoms with Gasteiger partial charge < -0.3 is 20.5 Å². The first-order chi connectivity index (χ1) is 17.4. The predicted octanol–water partition coefficient (Wildman–Crippen LogP) is 3.61. The molecule has 10 heteroatoms. The summed E-state index contributed by atoms with van der Waals surface area (Å²) in [6.07, 6.45) is 1.72. The summed E-state index contributed by atoms with van der Waals surface area (Å²) in [6, 6.07) is 13.1. The molecule has 1 saturated heterocycles. The molecule has 1 aromatic carbocycles. The minimum absolute atomic E-state index is 0.140. The molecular weight excluding hydrogens is 480 g/mol. The second kappa shape index (κ2) is 10.3. The summed E-state index contributed by atoms with van der Waals surface area (Å²) in [4.78, 5) is 27.2. The van der Waals surface area contributed by atoms with E-state index in [-0.39, 0.29) is 11.6 Å². The van der Waals surface area contributed by atoms with Crippen LogP contribution in [0, 0.1) is 6.92 Å². The summed E-state index contributed by atoms with van der Waals surface area (Å²) < 4.78 is 13.0. The van der Waals surface area contributed by atoms with Gasteiger partial charge in [0.2, 0.25) is 5.95 Å². The molecule has 4 aromatic rings. The first-order valence-electron chi connectivity index (χ1n) is 11.7. The summed E-state index contributed by atoms with van der Waals surface area (Å²) in [7, 11) is 1.73. The second-order valence-corrected chi connectivity index (χ2v) is 9.15. The highest BCUT2D eigenvalue weighted by molar-refractivity contribution is 6.33. The van der Waals surface area contributed by atoms with Gasteiger partial charge in [0.25, 0.3) is 5.56 Å². The molecule has 0 unspecified atom stereocenters. The summed E-state index contributed by atoms with van der Waals surface area (Å²) in [6.45, 7) is 3.12. The lowest BCUT2D eigenvalue weighted by molar-refractivity contribution is -0.189.